The van der Waals surface area contributed by atoms with Crippen molar-refractivity contribution >= 4 is 17.9 Å². The van der Waals surface area contributed by atoms with Gasteiger partial charge in [0.1, 0.15) is 13.2 Å². The molecule has 0 saturated heterocycles. The zero-order valence-corrected chi connectivity index (χ0v) is 56.3. The van der Waals surface area contributed by atoms with Crippen molar-refractivity contribution in [1.82, 2.24) is 0 Å². The van der Waals surface area contributed by atoms with Crippen molar-refractivity contribution in [3.8, 4) is 0 Å². The van der Waals surface area contributed by atoms with Crippen LogP contribution >= 0.6 is 0 Å². The summed E-state index contributed by atoms with van der Waals surface area (Å²) in [5.74, 6) is -2.31. The van der Waals surface area contributed by atoms with Gasteiger partial charge in [-0.1, -0.05) is 282 Å². The summed E-state index contributed by atoms with van der Waals surface area (Å²) in [6.45, 7) is 4.62. The maximum atomic E-state index is 12.9. The first-order valence-electron chi connectivity index (χ1n) is 35.0. The third kappa shape index (κ3) is 68.5. The number of carbonyl (C=O) groups excluding carboxylic acids is 3. The Labute approximate surface area is 534 Å². The van der Waals surface area contributed by atoms with Gasteiger partial charge in [-0.05, 0) is 122 Å². The topological polar surface area (TPSA) is 111 Å². The van der Waals surface area contributed by atoms with E-state index in [0.717, 1.165) is 116 Å². The number of carboxylic acids is 1. The molecule has 0 fully saturated rings. The number of esters is 2. The summed E-state index contributed by atoms with van der Waals surface area (Å²) < 4.78 is 22.8. The fraction of sp³-hybridized carbons (Fsp3) is 0.654. The van der Waals surface area contributed by atoms with Gasteiger partial charge in [0.2, 0.25) is 0 Å². The first-order chi connectivity index (χ1) is 42.6. The molecule has 0 aromatic heterocycles. The zero-order chi connectivity index (χ0) is 63.3. The summed E-state index contributed by atoms with van der Waals surface area (Å²) in [5.41, 5.74) is 0. The summed E-state index contributed by atoms with van der Waals surface area (Å²) in [5, 5.41) is 11.8. The fourth-order valence-electron chi connectivity index (χ4n) is 9.24. The first-order valence-corrected chi connectivity index (χ1v) is 35.0. The van der Waals surface area contributed by atoms with E-state index in [1.54, 1.807) is 0 Å². The molecule has 9 heteroatoms. The average Bonchev–Trinajstić information content (AvgIpc) is 3.59. The molecule has 0 amide bonds. The molecule has 0 aromatic rings. The lowest BCUT2D eigenvalue weighted by molar-refractivity contribution is -0.870. The van der Waals surface area contributed by atoms with Crippen LogP contribution in [-0.4, -0.2) is 82.3 Å². The Morgan fingerprint density at radius 2 is 0.655 bits per heavy atom. The summed E-state index contributed by atoms with van der Waals surface area (Å²) in [6.07, 6.45) is 94.9. The number of nitrogens with zero attached hydrogens (tertiary/aromatic N) is 1. The van der Waals surface area contributed by atoms with E-state index >= 15 is 0 Å². The van der Waals surface area contributed by atoms with Crippen LogP contribution in [0.5, 0.6) is 0 Å². The lowest BCUT2D eigenvalue weighted by atomic mass is 10.1. The molecule has 0 heterocycles. The van der Waals surface area contributed by atoms with Gasteiger partial charge in [0.15, 0.2) is 12.4 Å². The monoisotopic (exact) mass is 1210 g/mol. The van der Waals surface area contributed by atoms with Crippen LogP contribution < -0.4 is 5.11 Å². The van der Waals surface area contributed by atoms with Gasteiger partial charge < -0.3 is 33.3 Å². The molecule has 9 nitrogen and oxygen atoms in total. The largest absolute Gasteiger partial charge is 0.545 e. The molecule has 0 spiro atoms. The van der Waals surface area contributed by atoms with Crippen LogP contribution in [-0.2, 0) is 33.3 Å². The number of hydrogen-bond acceptors (Lipinski definition) is 8. The number of allylic oxidation sites excluding steroid dienone is 24. The highest BCUT2D eigenvalue weighted by atomic mass is 16.7. The SMILES string of the molecule is CC/C=C\C/C=C\C/C=C\C/C=C\C/C=C\C/C=C\C/C=C\C/C=C\C/C=C\C/C=C\C/C=C\CCCCCCCCCC(=O)OC(COC(=O)CCCCCCCCCCC/C=C\CCCCCCCCCC)COC(OCC[N+](C)(C)C)C(=O)[O-]. The van der Waals surface area contributed by atoms with Crippen LogP contribution in [0.25, 0.3) is 0 Å². The van der Waals surface area contributed by atoms with Gasteiger partial charge in [0.25, 0.3) is 0 Å². The van der Waals surface area contributed by atoms with Crippen LogP contribution in [0.1, 0.15) is 271 Å². The van der Waals surface area contributed by atoms with Crippen LogP contribution in [0.2, 0.25) is 0 Å². The second-order valence-electron chi connectivity index (χ2n) is 24.1. The minimum Gasteiger partial charge on any atom is -0.545 e. The van der Waals surface area contributed by atoms with E-state index in [0.29, 0.717) is 17.4 Å². The summed E-state index contributed by atoms with van der Waals surface area (Å²) in [6, 6.07) is 0. The molecule has 2 atom stereocenters. The molecule has 87 heavy (non-hydrogen) atoms. The Morgan fingerprint density at radius 3 is 0.989 bits per heavy atom. The minimum atomic E-state index is -1.63. The van der Waals surface area contributed by atoms with Crippen molar-refractivity contribution in [2.75, 3.05) is 47.5 Å². The molecule has 0 aromatic carbocycles. The minimum absolute atomic E-state index is 0.139. The van der Waals surface area contributed by atoms with Crippen LogP contribution in [0.15, 0.2) is 146 Å². The maximum Gasteiger partial charge on any atom is 0.306 e. The molecule has 0 saturated carbocycles. The van der Waals surface area contributed by atoms with Gasteiger partial charge in [-0.25, -0.2) is 0 Å². The van der Waals surface area contributed by atoms with Gasteiger partial charge in [-0.2, -0.15) is 0 Å². The highest BCUT2D eigenvalue weighted by Crippen LogP contribution is 2.16. The maximum absolute atomic E-state index is 12.9. The van der Waals surface area contributed by atoms with Gasteiger partial charge in [-0.15, -0.1) is 0 Å². The summed E-state index contributed by atoms with van der Waals surface area (Å²) in [7, 11) is 5.92. The number of carboxylic acid groups (broad SMARTS) is 1. The molecule has 0 radical (unpaired) electrons. The molecule has 0 bridgehead atoms. The molecule has 0 N–H and O–H groups in total. The van der Waals surface area contributed by atoms with Crippen molar-refractivity contribution in [2.45, 2.75) is 283 Å². The summed E-state index contributed by atoms with van der Waals surface area (Å²) >= 11 is 0. The number of likely N-dealkylation sites (N-methyl/N-ethyl adjacent to an activating group) is 1. The average molecular weight is 1210 g/mol. The van der Waals surface area contributed by atoms with E-state index < -0.39 is 24.3 Å². The van der Waals surface area contributed by atoms with Gasteiger partial charge in [-0.3, -0.25) is 9.59 Å². The summed E-state index contributed by atoms with van der Waals surface area (Å²) in [4.78, 5) is 37.4. The molecule has 2 unspecified atom stereocenters. The number of aliphatic carboxylic acids is 1. The lowest BCUT2D eigenvalue weighted by Crippen LogP contribution is -2.44. The van der Waals surface area contributed by atoms with Gasteiger partial charge in [0.05, 0.1) is 40.3 Å². The normalized spacial score (nSPS) is 13.6. The quantitative estimate of drug-likeness (QED) is 0.0195. The Bertz CT molecular complexity index is 1940. The molecular weight excluding hydrogens is 1080 g/mol. The van der Waals surface area contributed by atoms with Crippen LogP contribution in [0, 0.1) is 0 Å². The van der Waals surface area contributed by atoms with Crippen LogP contribution in [0.3, 0.4) is 0 Å². The molecule has 494 valence electrons. The van der Waals surface area contributed by atoms with E-state index in [2.05, 4.69) is 160 Å². The van der Waals surface area contributed by atoms with E-state index in [1.807, 2.05) is 21.1 Å². The van der Waals surface area contributed by atoms with Crippen molar-refractivity contribution in [2.24, 2.45) is 0 Å². The number of ether oxygens (including phenoxy) is 4. The number of unbranched alkanes of at least 4 members (excludes halogenated alkanes) is 24. The predicted octanol–water partition coefficient (Wildman–Crippen LogP) is 20.6. The fourth-order valence-corrected chi connectivity index (χ4v) is 9.24. The van der Waals surface area contributed by atoms with Gasteiger partial charge >= 0.3 is 11.9 Å². The highest BCUT2D eigenvalue weighted by Gasteiger charge is 2.22. The zero-order valence-electron chi connectivity index (χ0n) is 56.3. The second kappa shape index (κ2) is 67.1. The van der Waals surface area contributed by atoms with E-state index in [9.17, 15) is 19.5 Å². The van der Waals surface area contributed by atoms with Crippen molar-refractivity contribution in [3.63, 3.8) is 0 Å². The lowest BCUT2D eigenvalue weighted by Gasteiger charge is -2.26. The molecule has 0 aliphatic rings. The van der Waals surface area contributed by atoms with Crippen molar-refractivity contribution in [3.05, 3.63) is 146 Å². The van der Waals surface area contributed by atoms with Crippen molar-refractivity contribution < 1.29 is 42.9 Å². The molecular formula is C78H129NO8. The standard InChI is InChI=1S/C78H129NO8/c1-6-8-10-12-14-16-18-20-22-24-26-28-29-30-31-32-33-34-35-36-37-38-39-40-41-42-43-44-45-46-47-49-51-53-55-57-59-61-63-65-67-69-76(81)87-74(73-86-78(77(82)83)84-71-70-79(3,4)5)72-85-75(80)68-66-64-62-60-58-56-54-52-50-48-27-25-23-21-19-17-15-13-11-9-7-2/h8,10,14,16,20,22,25-28,30-31,33-34,36-37,39-40,42-43,45-46,49,51,74,78H,6-7,9,11-13,15,17-19,21,23-24,29,32,35,38,41,44,47-48,50,52-73H2,1-5H3/b10-8-,16-14-,22-20-,27-25-,28-26-,31-30-,34-33-,37-36-,40-39-,43-42-,46-45-,51-49-. The smallest absolute Gasteiger partial charge is 0.306 e. The highest BCUT2D eigenvalue weighted by molar-refractivity contribution is 5.70. The van der Waals surface area contributed by atoms with E-state index in [-0.39, 0.29) is 38.6 Å². The first kappa shape index (κ1) is 82.2. The third-order valence-electron chi connectivity index (χ3n) is 14.6. The van der Waals surface area contributed by atoms with E-state index in [1.165, 1.54) is 122 Å². The Balaban J connectivity index is 4.19. The van der Waals surface area contributed by atoms with Gasteiger partial charge in [0, 0.05) is 12.8 Å². The predicted molar refractivity (Wildman–Crippen MR) is 370 cm³/mol. The number of carbonyl (C=O) groups is 3. The van der Waals surface area contributed by atoms with E-state index in [4.69, 9.17) is 18.9 Å². The molecule has 0 rings (SSSR count). The molecule has 0 aliphatic carbocycles. The number of quaternary nitrogens is 1. The third-order valence-corrected chi connectivity index (χ3v) is 14.6. The Kier molecular flexibility index (Phi) is 63.4. The number of hydrogen-bond donors (Lipinski definition) is 0. The second-order valence-corrected chi connectivity index (χ2v) is 24.1. The Morgan fingerprint density at radius 1 is 0.356 bits per heavy atom. The van der Waals surface area contributed by atoms with Crippen molar-refractivity contribution in [1.29, 1.82) is 0 Å². The molecule has 0 aliphatic heterocycles. The van der Waals surface area contributed by atoms with Crippen LogP contribution in [0.4, 0.5) is 0 Å². The Hall–Kier alpha value is -4.83. The number of rotatable bonds is 63.